The van der Waals surface area contributed by atoms with Crippen molar-refractivity contribution in [2.75, 3.05) is 0 Å². The summed E-state index contributed by atoms with van der Waals surface area (Å²) in [7, 11) is 0. The quantitative estimate of drug-likeness (QED) is 0.669. The van der Waals surface area contributed by atoms with E-state index in [1.165, 1.54) is 5.69 Å². The third kappa shape index (κ3) is 3.54. The van der Waals surface area contributed by atoms with Gasteiger partial charge < -0.3 is 9.84 Å². The summed E-state index contributed by atoms with van der Waals surface area (Å²) in [5.41, 5.74) is 4.73. The summed E-state index contributed by atoms with van der Waals surface area (Å²) in [6.45, 7) is 2.84. The Kier molecular flexibility index (Phi) is 5.11. The van der Waals surface area contributed by atoms with Crippen molar-refractivity contribution in [2.45, 2.75) is 58.0 Å². The van der Waals surface area contributed by atoms with Crippen LogP contribution in [-0.2, 0) is 25.8 Å². The van der Waals surface area contributed by atoms with E-state index in [1.54, 1.807) is 0 Å². The van der Waals surface area contributed by atoms with Crippen LogP contribution < -0.4 is 5.32 Å². The monoisotopic (exact) mass is 424 g/mol. The first kappa shape index (κ1) is 19.4. The maximum atomic E-state index is 13.0. The van der Waals surface area contributed by atoms with Crippen molar-refractivity contribution in [1.29, 1.82) is 0 Å². The normalized spacial score (nSPS) is 20.5. The third-order valence-corrected chi connectivity index (χ3v) is 6.72. The van der Waals surface area contributed by atoms with E-state index in [-0.39, 0.29) is 11.9 Å². The zero-order valence-electron chi connectivity index (χ0n) is 17.0. The van der Waals surface area contributed by atoms with E-state index in [1.807, 2.05) is 35.1 Å². The lowest BCUT2D eigenvalue weighted by Crippen LogP contribution is -2.32. The molecule has 0 unspecified atom stereocenters. The maximum absolute atomic E-state index is 13.0. The SMILES string of the molecule is C[C@H]1CCc2onc(C(=O)N[C@H]3CCCc4c3cnn4Cc3ccccc3Cl)c2C1. The van der Waals surface area contributed by atoms with Crippen LogP contribution >= 0.6 is 11.6 Å². The summed E-state index contributed by atoms with van der Waals surface area (Å²) in [4.78, 5) is 13.0. The van der Waals surface area contributed by atoms with Crippen molar-refractivity contribution in [1.82, 2.24) is 20.3 Å². The van der Waals surface area contributed by atoms with E-state index in [0.29, 0.717) is 18.2 Å². The van der Waals surface area contributed by atoms with E-state index in [0.717, 1.165) is 66.0 Å². The maximum Gasteiger partial charge on any atom is 0.274 e. The highest BCUT2D eigenvalue weighted by Gasteiger charge is 2.30. The highest BCUT2D eigenvalue weighted by atomic mass is 35.5. The zero-order valence-corrected chi connectivity index (χ0v) is 17.8. The molecule has 156 valence electrons. The van der Waals surface area contributed by atoms with E-state index in [2.05, 4.69) is 22.5 Å². The average Bonchev–Trinajstić information content (AvgIpc) is 3.34. The predicted molar refractivity (Wildman–Crippen MR) is 114 cm³/mol. The van der Waals surface area contributed by atoms with Gasteiger partial charge in [-0.1, -0.05) is 41.9 Å². The van der Waals surface area contributed by atoms with Gasteiger partial charge in [-0.25, -0.2) is 0 Å². The van der Waals surface area contributed by atoms with Gasteiger partial charge in [0.2, 0.25) is 0 Å². The van der Waals surface area contributed by atoms with Crippen molar-refractivity contribution >= 4 is 17.5 Å². The molecule has 1 aromatic carbocycles. The third-order valence-electron chi connectivity index (χ3n) is 6.35. The average molecular weight is 425 g/mol. The highest BCUT2D eigenvalue weighted by Crippen LogP contribution is 2.32. The lowest BCUT2D eigenvalue weighted by Gasteiger charge is -2.24. The van der Waals surface area contributed by atoms with Gasteiger partial charge in [-0.15, -0.1) is 0 Å². The van der Waals surface area contributed by atoms with Crippen LogP contribution in [0.4, 0.5) is 0 Å². The summed E-state index contributed by atoms with van der Waals surface area (Å²) in [5, 5.41) is 12.6. The molecule has 1 amide bonds. The largest absolute Gasteiger partial charge is 0.360 e. The number of aromatic nitrogens is 3. The van der Waals surface area contributed by atoms with E-state index >= 15 is 0 Å². The number of fused-ring (bicyclic) bond motifs is 2. The molecule has 0 spiro atoms. The molecule has 6 nitrogen and oxygen atoms in total. The fourth-order valence-electron chi connectivity index (χ4n) is 4.68. The molecule has 0 saturated heterocycles. The van der Waals surface area contributed by atoms with Gasteiger partial charge in [-0.2, -0.15) is 5.10 Å². The first-order chi connectivity index (χ1) is 14.6. The van der Waals surface area contributed by atoms with Crippen molar-refractivity contribution in [2.24, 2.45) is 5.92 Å². The number of nitrogens with one attached hydrogen (secondary N) is 1. The van der Waals surface area contributed by atoms with Gasteiger partial charge in [0.15, 0.2) is 5.69 Å². The molecule has 0 bridgehead atoms. The Bertz CT molecular complexity index is 1090. The lowest BCUT2D eigenvalue weighted by molar-refractivity contribution is 0.0922. The van der Waals surface area contributed by atoms with Crippen LogP contribution in [0.3, 0.4) is 0 Å². The number of nitrogens with zero attached hydrogens (tertiary/aromatic N) is 3. The van der Waals surface area contributed by atoms with Crippen LogP contribution in [0.5, 0.6) is 0 Å². The van der Waals surface area contributed by atoms with Crippen molar-refractivity contribution in [3.05, 3.63) is 69.3 Å². The Labute approximate surface area is 180 Å². The number of rotatable bonds is 4. The molecule has 2 atom stereocenters. The van der Waals surface area contributed by atoms with Gasteiger partial charge in [0.05, 0.1) is 18.8 Å². The standard InChI is InChI=1S/C23H25ClN4O2/c1-14-9-10-21-16(11-14)22(27-30-21)23(29)26-19-7-4-8-20-17(19)12-25-28(20)13-15-5-2-3-6-18(15)24/h2-3,5-6,12,14,19H,4,7-11,13H2,1H3,(H,26,29)/t14-,19-/m0/s1. The number of aryl methyl sites for hydroxylation is 1. The van der Waals surface area contributed by atoms with Gasteiger partial charge in [-0.3, -0.25) is 9.48 Å². The van der Waals surface area contributed by atoms with E-state index < -0.39 is 0 Å². The van der Waals surface area contributed by atoms with Crippen molar-refractivity contribution < 1.29 is 9.32 Å². The van der Waals surface area contributed by atoms with Crippen LogP contribution in [-0.4, -0.2) is 20.8 Å². The Morgan fingerprint density at radius 3 is 3.03 bits per heavy atom. The molecule has 0 radical (unpaired) electrons. The Hall–Kier alpha value is -2.60. The smallest absolute Gasteiger partial charge is 0.274 e. The Balaban J connectivity index is 1.36. The van der Waals surface area contributed by atoms with Crippen LogP contribution in [0.25, 0.3) is 0 Å². The van der Waals surface area contributed by atoms with E-state index in [9.17, 15) is 4.79 Å². The molecule has 30 heavy (non-hydrogen) atoms. The van der Waals surface area contributed by atoms with Crippen molar-refractivity contribution in [3.63, 3.8) is 0 Å². The first-order valence-electron chi connectivity index (χ1n) is 10.7. The number of carbonyl (C=O) groups excluding carboxylic acids is 1. The van der Waals surface area contributed by atoms with E-state index in [4.69, 9.17) is 16.1 Å². The van der Waals surface area contributed by atoms with Crippen LogP contribution in [0.1, 0.15) is 70.9 Å². The number of hydrogen-bond donors (Lipinski definition) is 1. The minimum Gasteiger partial charge on any atom is -0.360 e. The number of benzene rings is 1. The van der Waals surface area contributed by atoms with Gasteiger partial charge in [0, 0.05) is 28.3 Å². The highest BCUT2D eigenvalue weighted by molar-refractivity contribution is 6.31. The second-order valence-electron chi connectivity index (χ2n) is 8.49. The minimum atomic E-state index is -0.147. The van der Waals surface area contributed by atoms with Crippen LogP contribution in [0.2, 0.25) is 5.02 Å². The van der Waals surface area contributed by atoms with Gasteiger partial charge in [0.1, 0.15) is 5.76 Å². The number of hydrogen-bond acceptors (Lipinski definition) is 4. The number of carbonyl (C=O) groups is 1. The Morgan fingerprint density at radius 2 is 2.17 bits per heavy atom. The molecule has 0 fully saturated rings. The summed E-state index contributed by atoms with van der Waals surface area (Å²) in [5.74, 6) is 1.27. The van der Waals surface area contributed by atoms with Crippen LogP contribution in [0.15, 0.2) is 35.0 Å². The summed E-state index contributed by atoms with van der Waals surface area (Å²) < 4.78 is 7.47. The summed E-state index contributed by atoms with van der Waals surface area (Å²) in [6, 6.07) is 7.77. The second kappa shape index (κ2) is 7.91. The number of amides is 1. The zero-order chi connectivity index (χ0) is 20.7. The van der Waals surface area contributed by atoms with Crippen LogP contribution in [0, 0.1) is 5.92 Å². The molecule has 5 rings (SSSR count). The fraction of sp³-hybridized carbons (Fsp3) is 0.435. The molecular weight excluding hydrogens is 400 g/mol. The molecule has 0 aliphatic heterocycles. The number of halogens is 1. The molecule has 3 aromatic rings. The molecule has 7 heteroatoms. The summed E-state index contributed by atoms with van der Waals surface area (Å²) >= 11 is 6.33. The topological polar surface area (TPSA) is 73.0 Å². The molecule has 2 aliphatic carbocycles. The van der Waals surface area contributed by atoms with Crippen molar-refractivity contribution in [3.8, 4) is 0 Å². The van der Waals surface area contributed by atoms with Gasteiger partial charge >= 0.3 is 0 Å². The second-order valence-corrected chi connectivity index (χ2v) is 8.90. The fourth-order valence-corrected chi connectivity index (χ4v) is 4.87. The molecular formula is C23H25ClN4O2. The lowest BCUT2D eigenvalue weighted by atomic mass is 9.88. The molecule has 2 aromatic heterocycles. The predicted octanol–water partition coefficient (Wildman–Crippen LogP) is 4.51. The van der Waals surface area contributed by atoms with Gasteiger partial charge in [0.25, 0.3) is 5.91 Å². The summed E-state index contributed by atoms with van der Waals surface area (Å²) in [6.07, 6.45) is 7.53. The molecule has 2 aliphatic rings. The minimum absolute atomic E-state index is 0.0605. The van der Waals surface area contributed by atoms with Gasteiger partial charge in [-0.05, 0) is 49.7 Å². The molecule has 0 saturated carbocycles. The molecule has 1 N–H and O–H groups in total. The Morgan fingerprint density at radius 1 is 1.30 bits per heavy atom. The first-order valence-corrected chi connectivity index (χ1v) is 11.0. The molecule has 2 heterocycles.